The van der Waals surface area contributed by atoms with Crippen LogP contribution in [-0.4, -0.2) is 25.8 Å². The molecule has 4 heteroatoms. The van der Waals surface area contributed by atoms with E-state index in [4.69, 9.17) is 14.2 Å². The van der Waals surface area contributed by atoms with E-state index in [9.17, 15) is 4.79 Å². The summed E-state index contributed by atoms with van der Waals surface area (Å²) >= 11 is 0. The molecule has 0 saturated heterocycles. The van der Waals surface area contributed by atoms with Crippen LogP contribution in [0.15, 0.2) is 84.9 Å². The van der Waals surface area contributed by atoms with Gasteiger partial charge in [0.05, 0.1) is 19.6 Å². The first-order valence-electron chi connectivity index (χ1n) is 14.9. The Morgan fingerprint density at radius 1 is 0.850 bits per heavy atom. The highest BCUT2D eigenvalue weighted by molar-refractivity contribution is 5.76. The molecule has 2 aliphatic carbocycles. The molecule has 0 spiro atoms. The second-order valence-electron chi connectivity index (χ2n) is 12.3. The number of hydrogen-bond acceptors (Lipinski definition) is 4. The lowest BCUT2D eigenvalue weighted by molar-refractivity contribution is -0.158. The summed E-state index contributed by atoms with van der Waals surface area (Å²) in [6, 6.07) is 28.9. The Balaban J connectivity index is 1.40. The fourth-order valence-corrected chi connectivity index (χ4v) is 6.81. The van der Waals surface area contributed by atoms with Crippen molar-refractivity contribution in [3.05, 3.63) is 102 Å². The van der Waals surface area contributed by atoms with Crippen LogP contribution in [0.25, 0.3) is 0 Å². The minimum absolute atomic E-state index is 0.0256. The highest BCUT2D eigenvalue weighted by atomic mass is 16.5. The van der Waals surface area contributed by atoms with Crippen LogP contribution >= 0.6 is 0 Å². The standard InChI is InChI=1S/C36H44O4/c1-24(2)31-21-16-25(3)22-33(31)40-35(37)34-26(4)32(34)23-39-36(27-12-8-6-9-13-27,28-14-10-7-11-15-28)29-17-19-30(38-5)20-18-29/h6-15,17-20,24-26,31-34H,16,21-23H2,1-5H3. The Morgan fingerprint density at radius 3 is 1.98 bits per heavy atom. The number of carbonyl (C=O) groups excluding carboxylic acids is 1. The van der Waals surface area contributed by atoms with E-state index < -0.39 is 5.60 Å². The van der Waals surface area contributed by atoms with E-state index >= 15 is 0 Å². The van der Waals surface area contributed by atoms with E-state index in [1.165, 1.54) is 6.42 Å². The van der Waals surface area contributed by atoms with Crippen molar-refractivity contribution in [3.63, 3.8) is 0 Å². The third kappa shape index (κ3) is 5.69. The number of rotatable bonds is 10. The summed E-state index contributed by atoms with van der Waals surface area (Å²) in [5.74, 6) is 2.55. The fraction of sp³-hybridized carbons (Fsp3) is 0.472. The molecule has 6 atom stereocenters. The molecule has 0 aromatic heterocycles. The number of methoxy groups -OCH3 is 1. The normalized spacial score (nSPS) is 26.4. The zero-order chi connectivity index (χ0) is 28.3. The minimum Gasteiger partial charge on any atom is -0.497 e. The third-order valence-electron chi connectivity index (χ3n) is 9.41. The number of benzene rings is 3. The van der Waals surface area contributed by atoms with E-state index in [1.54, 1.807) is 7.11 Å². The number of esters is 1. The quantitative estimate of drug-likeness (QED) is 0.194. The summed E-state index contributed by atoms with van der Waals surface area (Å²) in [6.45, 7) is 9.40. The molecule has 4 nitrogen and oxygen atoms in total. The van der Waals surface area contributed by atoms with Gasteiger partial charge in [0.2, 0.25) is 0 Å². The molecule has 212 valence electrons. The number of hydrogen-bond donors (Lipinski definition) is 0. The lowest BCUT2D eigenvalue weighted by Gasteiger charge is -2.37. The van der Waals surface area contributed by atoms with Crippen LogP contribution in [0.2, 0.25) is 0 Å². The summed E-state index contributed by atoms with van der Waals surface area (Å²) < 4.78 is 18.8. The van der Waals surface area contributed by atoms with Gasteiger partial charge < -0.3 is 14.2 Å². The van der Waals surface area contributed by atoms with Gasteiger partial charge in [-0.2, -0.15) is 0 Å². The molecule has 5 rings (SSSR count). The van der Waals surface area contributed by atoms with Crippen molar-refractivity contribution in [1.29, 1.82) is 0 Å². The molecule has 2 saturated carbocycles. The first-order chi connectivity index (χ1) is 19.3. The monoisotopic (exact) mass is 540 g/mol. The largest absolute Gasteiger partial charge is 0.497 e. The summed E-state index contributed by atoms with van der Waals surface area (Å²) in [4.78, 5) is 13.5. The SMILES string of the molecule is COc1ccc(C(OCC2C(C)C2C(=O)OC2CC(C)CCC2C(C)C)(c2ccccc2)c2ccccc2)cc1. The van der Waals surface area contributed by atoms with Crippen LogP contribution in [0.4, 0.5) is 0 Å². The minimum atomic E-state index is -0.826. The lowest BCUT2D eigenvalue weighted by Crippen LogP contribution is -2.36. The van der Waals surface area contributed by atoms with E-state index in [0.29, 0.717) is 24.4 Å². The molecule has 0 radical (unpaired) electrons. The fourth-order valence-electron chi connectivity index (χ4n) is 6.81. The Kier molecular flexibility index (Phi) is 8.65. The molecule has 0 heterocycles. The van der Waals surface area contributed by atoms with Crippen molar-refractivity contribution in [2.75, 3.05) is 13.7 Å². The van der Waals surface area contributed by atoms with Gasteiger partial charge in [0.1, 0.15) is 17.5 Å². The second kappa shape index (κ2) is 12.2. The second-order valence-corrected chi connectivity index (χ2v) is 12.3. The van der Waals surface area contributed by atoms with Gasteiger partial charge in [0, 0.05) is 0 Å². The Hall–Kier alpha value is -3.11. The van der Waals surface area contributed by atoms with Crippen molar-refractivity contribution in [1.82, 2.24) is 0 Å². The maximum Gasteiger partial charge on any atom is 0.309 e. The Labute approximate surface area is 240 Å². The molecule has 6 unspecified atom stereocenters. The number of carbonyl (C=O) groups is 1. The van der Waals surface area contributed by atoms with Crippen molar-refractivity contribution >= 4 is 5.97 Å². The van der Waals surface area contributed by atoms with Crippen molar-refractivity contribution < 1.29 is 19.0 Å². The van der Waals surface area contributed by atoms with E-state index in [1.807, 2.05) is 24.3 Å². The summed E-state index contributed by atoms with van der Waals surface area (Å²) in [6.07, 6.45) is 3.36. The van der Waals surface area contributed by atoms with Crippen LogP contribution < -0.4 is 4.74 Å². The molecule has 0 bridgehead atoms. The molecule has 40 heavy (non-hydrogen) atoms. The van der Waals surface area contributed by atoms with Crippen LogP contribution in [0.3, 0.4) is 0 Å². The van der Waals surface area contributed by atoms with E-state index in [0.717, 1.165) is 35.3 Å². The number of ether oxygens (including phenoxy) is 3. The lowest BCUT2D eigenvalue weighted by atomic mass is 9.75. The van der Waals surface area contributed by atoms with Crippen LogP contribution in [0.1, 0.15) is 63.6 Å². The van der Waals surface area contributed by atoms with Gasteiger partial charge in [0.25, 0.3) is 0 Å². The van der Waals surface area contributed by atoms with Gasteiger partial charge in [-0.05, 0) is 71.3 Å². The van der Waals surface area contributed by atoms with Crippen molar-refractivity contribution in [2.24, 2.45) is 35.5 Å². The summed E-state index contributed by atoms with van der Waals surface area (Å²) in [5, 5.41) is 0. The third-order valence-corrected chi connectivity index (χ3v) is 9.41. The van der Waals surface area contributed by atoms with Gasteiger partial charge >= 0.3 is 5.97 Å². The zero-order valence-electron chi connectivity index (χ0n) is 24.6. The molecule has 0 amide bonds. The molecule has 2 aliphatic rings. The molecule has 2 fully saturated rings. The van der Waals surface area contributed by atoms with Gasteiger partial charge in [-0.1, -0.05) is 107 Å². The molecule has 0 N–H and O–H groups in total. The predicted octanol–water partition coefficient (Wildman–Crippen LogP) is 7.89. The van der Waals surface area contributed by atoms with Crippen LogP contribution in [0.5, 0.6) is 5.75 Å². The van der Waals surface area contributed by atoms with Crippen LogP contribution in [-0.2, 0) is 19.9 Å². The van der Waals surface area contributed by atoms with Gasteiger partial charge in [-0.3, -0.25) is 4.79 Å². The highest BCUT2D eigenvalue weighted by Gasteiger charge is 2.55. The zero-order valence-corrected chi connectivity index (χ0v) is 24.6. The summed E-state index contributed by atoms with van der Waals surface area (Å²) in [5.41, 5.74) is 2.30. The van der Waals surface area contributed by atoms with Crippen molar-refractivity contribution in [3.8, 4) is 5.75 Å². The molecule has 3 aromatic rings. The van der Waals surface area contributed by atoms with Gasteiger partial charge in [0.15, 0.2) is 0 Å². The highest BCUT2D eigenvalue weighted by Crippen LogP contribution is 2.50. The average molecular weight is 541 g/mol. The molecular weight excluding hydrogens is 496 g/mol. The Morgan fingerprint density at radius 2 is 1.43 bits per heavy atom. The first-order valence-corrected chi connectivity index (χ1v) is 14.9. The average Bonchev–Trinajstić information content (AvgIpc) is 3.63. The molecular formula is C36H44O4. The Bertz CT molecular complexity index is 1200. The first kappa shape index (κ1) is 28.4. The van der Waals surface area contributed by atoms with E-state index in [2.05, 4.69) is 88.4 Å². The molecule has 0 aliphatic heterocycles. The van der Waals surface area contributed by atoms with Gasteiger partial charge in [-0.25, -0.2) is 0 Å². The maximum absolute atomic E-state index is 13.5. The predicted molar refractivity (Wildman–Crippen MR) is 159 cm³/mol. The van der Waals surface area contributed by atoms with Crippen molar-refractivity contribution in [2.45, 2.75) is 58.7 Å². The van der Waals surface area contributed by atoms with Crippen LogP contribution in [0, 0.1) is 35.5 Å². The summed E-state index contributed by atoms with van der Waals surface area (Å²) in [7, 11) is 1.68. The van der Waals surface area contributed by atoms with Gasteiger partial charge in [-0.15, -0.1) is 0 Å². The topological polar surface area (TPSA) is 44.8 Å². The smallest absolute Gasteiger partial charge is 0.309 e. The maximum atomic E-state index is 13.5. The van der Waals surface area contributed by atoms with E-state index in [-0.39, 0.29) is 29.8 Å². The molecule has 3 aromatic carbocycles.